The summed E-state index contributed by atoms with van der Waals surface area (Å²) in [6.07, 6.45) is -0.340. The van der Waals surface area contributed by atoms with Crippen LogP contribution in [-0.2, 0) is 23.4 Å². The second kappa shape index (κ2) is 9.71. The Balaban J connectivity index is 0. The molecule has 0 aliphatic heterocycles. The Bertz CT molecular complexity index is 218. The van der Waals surface area contributed by atoms with Gasteiger partial charge in [0.1, 0.15) is 0 Å². The van der Waals surface area contributed by atoms with E-state index in [0.29, 0.717) is 0 Å². The van der Waals surface area contributed by atoms with E-state index in [-0.39, 0.29) is 42.4 Å². The van der Waals surface area contributed by atoms with Gasteiger partial charge in [0.2, 0.25) is 0 Å². The zero-order chi connectivity index (χ0) is 10.3. The SMILES string of the molecule is COC(=O)CCC(=O)[P+](=O)OCO.[Na]. The Morgan fingerprint density at radius 3 is 2.36 bits per heavy atom. The predicted molar refractivity (Wildman–Crippen MR) is 47.8 cm³/mol. The Morgan fingerprint density at radius 1 is 1.36 bits per heavy atom. The van der Waals surface area contributed by atoms with Crippen LogP contribution in [0.5, 0.6) is 0 Å². The average molecular weight is 232 g/mol. The molecule has 0 aliphatic carbocycles. The molecule has 0 heterocycles. The van der Waals surface area contributed by atoms with Gasteiger partial charge < -0.3 is 9.84 Å². The normalized spacial score (nSPS) is 10.0. The van der Waals surface area contributed by atoms with Crippen LogP contribution >= 0.6 is 8.03 Å². The van der Waals surface area contributed by atoms with Crippen molar-refractivity contribution in [1.29, 1.82) is 0 Å². The van der Waals surface area contributed by atoms with E-state index in [4.69, 9.17) is 5.11 Å². The van der Waals surface area contributed by atoms with Crippen molar-refractivity contribution in [3.63, 3.8) is 0 Å². The van der Waals surface area contributed by atoms with Crippen LogP contribution in [0.25, 0.3) is 0 Å². The van der Waals surface area contributed by atoms with E-state index in [0.717, 1.165) is 0 Å². The monoisotopic (exact) mass is 232 g/mol. The van der Waals surface area contributed by atoms with E-state index in [2.05, 4.69) is 9.26 Å². The molecular weight excluding hydrogens is 222 g/mol. The fourth-order valence-electron chi connectivity index (χ4n) is 0.527. The molecule has 1 N–H and O–H groups in total. The van der Waals surface area contributed by atoms with Crippen LogP contribution in [0.15, 0.2) is 0 Å². The van der Waals surface area contributed by atoms with Crippen LogP contribution in [-0.4, -0.2) is 60.1 Å². The van der Waals surface area contributed by atoms with Crippen LogP contribution in [0.4, 0.5) is 0 Å². The summed E-state index contributed by atoms with van der Waals surface area (Å²) in [5, 5.41) is 8.16. The zero-order valence-electron chi connectivity index (χ0n) is 8.06. The van der Waals surface area contributed by atoms with E-state index < -0.39 is 26.3 Å². The van der Waals surface area contributed by atoms with Crippen molar-refractivity contribution in [3.8, 4) is 0 Å². The van der Waals surface area contributed by atoms with Gasteiger partial charge in [0.05, 0.1) is 20.0 Å². The first-order valence-corrected chi connectivity index (χ1v) is 4.60. The molecule has 0 aromatic carbocycles. The number of ether oxygens (including phenoxy) is 1. The summed E-state index contributed by atoms with van der Waals surface area (Å²) in [6, 6.07) is 0. The number of carbonyl (C=O) groups is 2. The van der Waals surface area contributed by atoms with Gasteiger partial charge in [-0.2, -0.15) is 0 Å². The molecule has 0 aliphatic rings. The van der Waals surface area contributed by atoms with Crippen LogP contribution in [0, 0.1) is 0 Å². The number of aliphatic hydroxyl groups excluding tert-OH is 1. The first kappa shape index (κ1) is 16.6. The molecule has 0 spiro atoms. The van der Waals surface area contributed by atoms with Gasteiger partial charge in [-0.3, -0.25) is 4.79 Å². The molecular formula is C6H10NaO6P+. The quantitative estimate of drug-likeness (QED) is 0.295. The van der Waals surface area contributed by atoms with E-state index >= 15 is 0 Å². The van der Waals surface area contributed by atoms with Gasteiger partial charge in [0.15, 0.2) is 6.79 Å². The Kier molecular flexibility index (Phi) is 11.5. The number of hydrogen-bond acceptors (Lipinski definition) is 6. The van der Waals surface area contributed by atoms with Crippen molar-refractivity contribution in [2.75, 3.05) is 13.9 Å². The standard InChI is InChI=1S/C6H10O6P.Na/c1-11-5(8)2-3-6(9)13(10)12-4-7;/h7H,2-4H2,1H3;/q+1;. The molecule has 0 aromatic heterocycles. The smallest absolute Gasteiger partial charge is 0.469 e. The molecule has 0 bridgehead atoms. The van der Waals surface area contributed by atoms with E-state index in [1.54, 1.807) is 0 Å². The van der Waals surface area contributed by atoms with Crippen molar-refractivity contribution in [2.24, 2.45) is 0 Å². The van der Waals surface area contributed by atoms with Gasteiger partial charge >= 0.3 is 19.5 Å². The fourth-order valence-corrected chi connectivity index (χ4v) is 1.07. The fraction of sp³-hybridized carbons (Fsp3) is 0.667. The van der Waals surface area contributed by atoms with Crippen molar-refractivity contribution in [3.05, 3.63) is 0 Å². The number of hydrogen-bond donors (Lipinski definition) is 1. The first-order valence-electron chi connectivity index (χ1n) is 3.42. The maximum atomic E-state index is 10.8. The second-order valence-electron chi connectivity index (χ2n) is 1.99. The summed E-state index contributed by atoms with van der Waals surface area (Å²) in [5.74, 6) is -0.555. The third-order valence-electron chi connectivity index (χ3n) is 1.15. The minimum Gasteiger partial charge on any atom is -0.469 e. The Morgan fingerprint density at radius 2 is 1.93 bits per heavy atom. The summed E-state index contributed by atoms with van der Waals surface area (Å²) in [4.78, 5) is 21.4. The molecule has 0 fully saturated rings. The topological polar surface area (TPSA) is 89.9 Å². The molecule has 75 valence electrons. The molecule has 0 rings (SSSR count). The largest absolute Gasteiger partial charge is 0.589 e. The second-order valence-corrected chi connectivity index (χ2v) is 3.26. The van der Waals surface area contributed by atoms with Gasteiger partial charge in [0, 0.05) is 29.6 Å². The molecule has 0 saturated carbocycles. The van der Waals surface area contributed by atoms with Crippen LogP contribution in [0.2, 0.25) is 0 Å². The van der Waals surface area contributed by atoms with Crippen LogP contribution < -0.4 is 0 Å². The average Bonchev–Trinajstić information content (AvgIpc) is 2.13. The first-order chi connectivity index (χ1) is 6.11. The number of methoxy groups -OCH3 is 1. The van der Waals surface area contributed by atoms with Crippen molar-refractivity contribution in [2.45, 2.75) is 12.8 Å². The zero-order valence-corrected chi connectivity index (χ0v) is 11.0. The van der Waals surface area contributed by atoms with Crippen molar-refractivity contribution >= 4 is 49.1 Å². The molecule has 0 saturated heterocycles. The number of rotatable bonds is 6. The number of esters is 1. The molecule has 0 amide bonds. The summed E-state index contributed by atoms with van der Waals surface area (Å²) in [7, 11) is -1.33. The molecule has 0 aromatic rings. The van der Waals surface area contributed by atoms with Crippen molar-refractivity contribution in [1.82, 2.24) is 0 Å². The van der Waals surface area contributed by atoms with Gasteiger partial charge in [-0.15, -0.1) is 4.52 Å². The van der Waals surface area contributed by atoms with Gasteiger partial charge in [0.25, 0.3) is 0 Å². The van der Waals surface area contributed by atoms with E-state index in [9.17, 15) is 14.2 Å². The summed E-state index contributed by atoms with van der Waals surface area (Å²) >= 11 is 0. The van der Waals surface area contributed by atoms with E-state index in [1.165, 1.54) is 7.11 Å². The minimum absolute atomic E-state index is 0. The summed E-state index contributed by atoms with van der Waals surface area (Å²) in [5.41, 5.74) is -0.713. The third kappa shape index (κ3) is 7.55. The number of aliphatic hydroxyl groups is 1. The summed E-state index contributed by atoms with van der Waals surface area (Å²) in [6.45, 7) is -0.779. The summed E-state index contributed by atoms with van der Waals surface area (Å²) < 4.78 is 19.1. The minimum atomic E-state index is -2.52. The van der Waals surface area contributed by atoms with Gasteiger partial charge in [-0.05, 0) is 4.57 Å². The third-order valence-corrected chi connectivity index (χ3v) is 2.13. The van der Waals surface area contributed by atoms with Gasteiger partial charge in [-0.1, -0.05) is 0 Å². The molecule has 1 atom stereocenters. The molecule has 1 unspecified atom stereocenters. The maximum Gasteiger partial charge on any atom is 0.589 e. The molecule has 14 heavy (non-hydrogen) atoms. The molecule has 6 nitrogen and oxygen atoms in total. The van der Waals surface area contributed by atoms with E-state index in [1.807, 2.05) is 0 Å². The van der Waals surface area contributed by atoms with Crippen molar-refractivity contribution < 1.29 is 28.5 Å². The Labute approximate surface area is 104 Å². The Hall–Kier alpha value is 0.160. The van der Waals surface area contributed by atoms with Crippen LogP contribution in [0.3, 0.4) is 0 Å². The molecule has 8 heteroatoms. The predicted octanol–water partition coefficient (Wildman–Crippen LogP) is -0.206. The maximum absolute atomic E-state index is 10.8. The number of carbonyl (C=O) groups excluding carboxylic acids is 2. The van der Waals surface area contributed by atoms with Gasteiger partial charge in [-0.25, -0.2) is 4.79 Å². The van der Waals surface area contributed by atoms with Crippen LogP contribution in [0.1, 0.15) is 12.8 Å². The molecule has 1 radical (unpaired) electrons.